The van der Waals surface area contributed by atoms with Crippen LogP contribution in [0.2, 0.25) is 0 Å². The Balaban J connectivity index is 0.000000522. The van der Waals surface area contributed by atoms with Crippen LogP contribution in [-0.2, 0) is 28.2 Å². The van der Waals surface area contributed by atoms with Crippen molar-refractivity contribution in [3.63, 3.8) is 0 Å². The van der Waals surface area contributed by atoms with E-state index in [1.807, 2.05) is 103 Å². The van der Waals surface area contributed by atoms with Gasteiger partial charge in [-0.2, -0.15) is 0 Å². The maximum absolute atomic E-state index is 13.6. The first-order valence-corrected chi connectivity index (χ1v) is 34.2. The van der Waals surface area contributed by atoms with Gasteiger partial charge >= 0.3 is 18.2 Å². The number of hydrogen-bond acceptors (Lipinski definition) is 8. The zero-order chi connectivity index (χ0) is 61.4. The lowest BCUT2D eigenvalue weighted by atomic mass is 9.77. The Kier molecular flexibility index (Phi) is 35.2. The van der Waals surface area contributed by atoms with Crippen molar-refractivity contribution in [2.75, 3.05) is 36.0 Å². The lowest BCUT2D eigenvalue weighted by Gasteiger charge is -2.38. The molecule has 11 nitrogen and oxygen atoms in total. The Labute approximate surface area is 531 Å². The molecule has 0 aromatic heterocycles. The predicted molar refractivity (Wildman–Crippen MR) is 366 cm³/mol. The van der Waals surface area contributed by atoms with Gasteiger partial charge in [0.2, 0.25) is 0 Å². The van der Waals surface area contributed by atoms with E-state index < -0.39 is 17.8 Å². The molecular formula is C77H112N4O7. The number of carbonyl (C=O) groups is 3. The molecule has 11 heteroatoms. The first-order valence-electron chi connectivity index (χ1n) is 34.2. The van der Waals surface area contributed by atoms with E-state index in [-0.39, 0.29) is 20.0 Å². The Morgan fingerprint density at radius 2 is 0.920 bits per heavy atom. The summed E-state index contributed by atoms with van der Waals surface area (Å²) in [5.74, 6) is 0.802. The molecule has 3 N–H and O–H groups in total. The van der Waals surface area contributed by atoms with E-state index in [1.54, 1.807) is 0 Å². The van der Waals surface area contributed by atoms with Crippen molar-refractivity contribution in [1.82, 2.24) is 10.6 Å². The fourth-order valence-corrected chi connectivity index (χ4v) is 12.2. The summed E-state index contributed by atoms with van der Waals surface area (Å²) >= 11 is 0. The van der Waals surface area contributed by atoms with E-state index in [0.29, 0.717) is 49.8 Å². The molecule has 2 amide bonds. The number of anilines is 2. The molecule has 0 saturated carbocycles. The zero-order valence-electron chi connectivity index (χ0n) is 53.5. The van der Waals surface area contributed by atoms with Crippen molar-refractivity contribution in [3.8, 4) is 11.5 Å². The quantitative estimate of drug-likeness (QED) is 0.0258. The second-order valence-electron chi connectivity index (χ2n) is 24.2. The van der Waals surface area contributed by atoms with Crippen LogP contribution in [0.5, 0.6) is 11.5 Å². The normalized spacial score (nSPS) is 13.4. The molecule has 7 rings (SSSR count). The van der Waals surface area contributed by atoms with E-state index in [4.69, 9.17) is 19.3 Å². The average Bonchev–Trinajstić information content (AvgIpc) is 1.54. The van der Waals surface area contributed by atoms with Crippen molar-refractivity contribution in [2.45, 2.75) is 245 Å². The number of alkyl carbamates (subject to hydrolysis) is 1. The molecule has 0 bridgehead atoms. The van der Waals surface area contributed by atoms with Crippen LogP contribution < -0.4 is 25.2 Å². The van der Waals surface area contributed by atoms with Gasteiger partial charge in [-0.25, -0.2) is 14.4 Å². The number of unbranched alkanes of at least 4 members (excludes halogenated alkanes) is 30. The van der Waals surface area contributed by atoms with E-state index >= 15 is 0 Å². The molecule has 88 heavy (non-hydrogen) atoms. The highest BCUT2D eigenvalue weighted by molar-refractivity contribution is 5.97. The summed E-state index contributed by atoms with van der Waals surface area (Å²) in [6.45, 7) is 11.8. The topological polar surface area (TPSA) is 130 Å². The van der Waals surface area contributed by atoms with Gasteiger partial charge in [-0.05, 0) is 60.5 Å². The summed E-state index contributed by atoms with van der Waals surface area (Å²) in [6, 6.07) is 40.2. The molecule has 1 unspecified atom stereocenters. The number of carboxylic acid groups (broad SMARTS) is 1. The maximum atomic E-state index is 13.6. The molecule has 0 radical (unpaired) electrons. The van der Waals surface area contributed by atoms with Crippen LogP contribution in [0.1, 0.15) is 265 Å². The van der Waals surface area contributed by atoms with Crippen LogP contribution in [0.3, 0.4) is 0 Å². The maximum Gasteiger partial charge on any atom is 0.407 e. The molecule has 2 aliphatic heterocycles. The minimum Gasteiger partial charge on any atom is -0.465 e. The van der Waals surface area contributed by atoms with Gasteiger partial charge in [0.1, 0.15) is 18.1 Å². The lowest BCUT2D eigenvalue weighted by molar-refractivity contribution is 0.0224. The summed E-state index contributed by atoms with van der Waals surface area (Å²) in [5, 5.41) is 13.8. The SMILES string of the molecule is C.C=CN(Cc1ccccc1)c1ccc2c(c1)Oc1cc(N(CCOC(=O)NCCCCCCCCCCCCCCCCCC)Cc3ccccc3)ccc1C21OC(=O)c2ccccc21.CCCCCCCCCCCCCCCCCCNC(=O)O. The molecule has 2 heterocycles. The highest BCUT2D eigenvalue weighted by Gasteiger charge is 2.53. The largest absolute Gasteiger partial charge is 0.465 e. The van der Waals surface area contributed by atoms with Crippen LogP contribution in [-0.4, -0.2) is 49.5 Å². The number of nitrogens with one attached hydrogen (secondary N) is 2. The van der Waals surface area contributed by atoms with E-state index in [2.05, 4.69) is 65.1 Å². The van der Waals surface area contributed by atoms with Gasteiger partial charge in [-0.3, -0.25) is 0 Å². The fourth-order valence-electron chi connectivity index (χ4n) is 12.2. The summed E-state index contributed by atoms with van der Waals surface area (Å²) in [4.78, 5) is 41.0. The van der Waals surface area contributed by atoms with Gasteiger partial charge in [0.05, 0.1) is 12.1 Å². The Bertz CT molecular complexity index is 2720. The van der Waals surface area contributed by atoms with Gasteiger partial charge in [-0.1, -0.05) is 299 Å². The first kappa shape index (κ1) is 72.0. The molecule has 1 atom stereocenters. The molecule has 2 aliphatic rings. The molecule has 5 aromatic carbocycles. The number of rotatable bonds is 44. The zero-order valence-corrected chi connectivity index (χ0v) is 53.5. The molecule has 0 saturated heterocycles. The molecule has 0 fully saturated rings. The number of amides is 2. The number of benzene rings is 5. The van der Waals surface area contributed by atoms with Gasteiger partial charge in [-0.15, -0.1) is 0 Å². The Morgan fingerprint density at radius 3 is 1.39 bits per heavy atom. The predicted octanol–water partition coefficient (Wildman–Crippen LogP) is 21.6. The van der Waals surface area contributed by atoms with Crippen molar-refractivity contribution in [3.05, 3.63) is 167 Å². The number of ether oxygens (including phenoxy) is 3. The number of hydrogen-bond donors (Lipinski definition) is 3. The molecule has 5 aromatic rings. The fraction of sp³-hybridized carbons (Fsp3) is 0.545. The summed E-state index contributed by atoms with van der Waals surface area (Å²) in [6.07, 6.45) is 43.2. The van der Waals surface area contributed by atoms with E-state index in [1.165, 1.54) is 180 Å². The lowest BCUT2D eigenvalue weighted by Crippen LogP contribution is -2.34. The second-order valence-corrected chi connectivity index (χ2v) is 24.2. The third-order valence-corrected chi connectivity index (χ3v) is 17.2. The van der Waals surface area contributed by atoms with Crippen molar-refractivity contribution in [2.24, 2.45) is 0 Å². The van der Waals surface area contributed by atoms with Gasteiger partial charge < -0.3 is 39.8 Å². The van der Waals surface area contributed by atoms with Crippen LogP contribution in [0.25, 0.3) is 0 Å². The summed E-state index contributed by atoms with van der Waals surface area (Å²) in [7, 11) is 0. The third-order valence-electron chi connectivity index (χ3n) is 17.2. The summed E-state index contributed by atoms with van der Waals surface area (Å²) in [5.41, 5.74) is 5.65. The van der Waals surface area contributed by atoms with Crippen molar-refractivity contribution < 1.29 is 33.7 Å². The number of esters is 1. The highest BCUT2D eigenvalue weighted by atomic mass is 16.6. The smallest absolute Gasteiger partial charge is 0.407 e. The van der Waals surface area contributed by atoms with Gasteiger partial charge in [0.25, 0.3) is 0 Å². The van der Waals surface area contributed by atoms with Crippen LogP contribution in [0.15, 0.2) is 134 Å². The van der Waals surface area contributed by atoms with Crippen LogP contribution in [0.4, 0.5) is 21.0 Å². The molecule has 1 spiro atoms. The highest BCUT2D eigenvalue weighted by Crippen LogP contribution is 2.57. The van der Waals surface area contributed by atoms with Gasteiger partial charge in [0.15, 0.2) is 5.60 Å². The second kappa shape index (κ2) is 43.0. The third kappa shape index (κ3) is 25.0. The Morgan fingerprint density at radius 1 is 0.511 bits per heavy atom. The standard InChI is InChI=1S/C57H69N3O5.C19H39NO2.CH4/c1-3-5-6-7-8-9-10-11-12-13-14-15-16-17-18-27-38-58-56(62)63-40-39-60(44-46-30-23-20-24-31-46)48-35-37-52-54(42-48)64-53-41-47(59(4-2)43-45-28-21-19-22-29-45)34-36-51(53)57(52)50-33-26-25-32-49(50)55(61)65-57;1-2-3-4-5-6-7-8-9-10-11-12-13-14-15-16-17-18-20-19(21)22;/h4,19-26,28-37,41-42H,2-3,5-18,27,38-40,43-44H2,1H3,(H,58,62);20H,2-18H2,1H3,(H,21,22);1H4. The van der Waals surface area contributed by atoms with E-state index in [0.717, 1.165) is 64.9 Å². The van der Waals surface area contributed by atoms with Crippen LogP contribution >= 0.6 is 0 Å². The molecule has 482 valence electrons. The first-order chi connectivity index (χ1) is 42.8. The minimum absolute atomic E-state index is 0. The Hall–Kier alpha value is -6.75. The summed E-state index contributed by atoms with van der Waals surface area (Å²) < 4.78 is 19.1. The number of nitrogens with zero attached hydrogens (tertiary/aromatic N) is 2. The van der Waals surface area contributed by atoms with Gasteiger partial charge in [0, 0.05) is 66.4 Å². The molecule has 0 aliphatic carbocycles. The van der Waals surface area contributed by atoms with Crippen molar-refractivity contribution >= 4 is 29.5 Å². The average molecular weight is 1210 g/mol. The minimum atomic E-state index is -1.20. The molecular weight excluding hydrogens is 1090 g/mol. The monoisotopic (exact) mass is 1200 g/mol. The van der Waals surface area contributed by atoms with Crippen LogP contribution in [0, 0.1) is 0 Å². The number of carbonyl (C=O) groups excluding carboxylic acids is 2. The number of fused-ring (bicyclic) bond motifs is 6. The van der Waals surface area contributed by atoms with E-state index in [9.17, 15) is 14.4 Å². The van der Waals surface area contributed by atoms with Crippen molar-refractivity contribution in [1.29, 1.82) is 0 Å².